The van der Waals surface area contributed by atoms with Crippen molar-refractivity contribution in [2.45, 2.75) is 56.0 Å². The first-order chi connectivity index (χ1) is 21.8. The molecule has 46 heavy (non-hydrogen) atoms. The number of hydrogen-bond donors (Lipinski definition) is 2. The van der Waals surface area contributed by atoms with Gasteiger partial charge in [0.25, 0.3) is 5.91 Å². The molecular formula is C32H36Cl2N6O5S. The Balaban J connectivity index is 1.35. The molecule has 0 saturated carbocycles. The van der Waals surface area contributed by atoms with Crippen molar-refractivity contribution in [2.75, 3.05) is 37.8 Å². The van der Waals surface area contributed by atoms with Gasteiger partial charge in [0.1, 0.15) is 24.3 Å². The van der Waals surface area contributed by atoms with E-state index in [0.29, 0.717) is 60.3 Å². The molecule has 4 heterocycles. The van der Waals surface area contributed by atoms with Gasteiger partial charge in [0.15, 0.2) is 0 Å². The van der Waals surface area contributed by atoms with Crippen LogP contribution in [0.2, 0.25) is 10.0 Å². The van der Waals surface area contributed by atoms with Crippen molar-refractivity contribution >= 4 is 62.5 Å². The normalized spacial score (nSPS) is 25.2. The number of rotatable bonds is 7. The number of amides is 3. The second kappa shape index (κ2) is 12.3. The van der Waals surface area contributed by atoms with Gasteiger partial charge in [-0.3, -0.25) is 14.4 Å². The van der Waals surface area contributed by atoms with Gasteiger partial charge < -0.3 is 15.5 Å². The lowest BCUT2D eigenvalue weighted by atomic mass is 9.58. The highest BCUT2D eigenvalue weighted by molar-refractivity contribution is 7.88. The Morgan fingerprint density at radius 1 is 1.13 bits per heavy atom. The molecule has 4 aliphatic rings. The number of nitrogens with one attached hydrogen (secondary N) is 2. The van der Waals surface area contributed by atoms with Crippen LogP contribution < -0.4 is 10.6 Å². The van der Waals surface area contributed by atoms with Crippen molar-refractivity contribution in [1.29, 1.82) is 0 Å². The number of piperidine rings is 2. The zero-order valence-corrected chi connectivity index (χ0v) is 28.0. The third-order valence-electron chi connectivity index (χ3n) is 9.56. The van der Waals surface area contributed by atoms with Gasteiger partial charge in [-0.15, -0.1) is 0 Å². The van der Waals surface area contributed by atoms with E-state index in [1.54, 1.807) is 18.2 Å². The molecule has 3 amide bonds. The standard InChI is InChI=1S/C32H36Cl2N6O5S/c1-4-19(2)30-32(24-9-8-22(34)15-26(24)36-31(32)43)25(20-6-5-7-21(33)14-20)16-27-37-40(29(42)18-39(27)30)17-28(41)35-23-10-12-38(13-11-23)46(3,44)45/h5-9,14-15,23,25,30H,2,4,10-13,16-18H2,1,3H3,(H,35,41)(H,36,43)/t25-,30+,32-/m1/s1. The quantitative estimate of drug-likeness (QED) is 0.427. The molecule has 6 rings (SSSR count). The second-order valence-electron chi connectivity index (χ2n) is 12.3. The van der Waals surface area contributed by atoms with Gasteiger partial charge in [0, 0.05) is 47.2 Å². The molecule has 2 fully saturated rings. The molecular weight excluding hydrogens is 651 g/mol. The lowest BCUT2D eigenvalue weighted by Gasteiger charge is -2.54. The van der Waals surface area contributed by atoms with Gasteiger partial charge >= 0.3 is 0 Å². The summed E-state index contributed by atoms with van der Waals surface area (Å²) in [6, 6.07) is 12.0. The molecule has 0 unspecified atom stereocenters. The van der Waals surface area contributed by atoms with Gasteiger partial charge in [-0.1, -0.05) is 60.5 Å². The number of carbonyl (C=O) groups excluding carboxylic acids is 3. The Labute approximate surface area is 278 Å². The minimum Gasteiger partial charge on any atom is -0.352 e. The van der Waals surface area contributed by atoms with E-state index in [-0.39, 0.29) is 36.9 Å². The smallest absolute Gasteiger partial charge is 0.262 e. The fourth-order valence-electron chi connectivity index (χ4n) is 7.40. The molecule has 0 aliphatic carbocycles. The predicted molar refractivity (Wildman–Crippen MR) is 177 cm³/mol. The second-order valence-corrected chi connectivity index (χ2v) is 15.2. The molecule has 11 nitrogen and oxygen atoms in total. The Hall–Kier alpha value is -3.45. The monoisotopic (exact) mass is 686 g/mol. The average Bonchev–Trinajstić information content (AvgIpc) is 3.27. The van der Waals surface area contributed by atoms with Crippen LogP contribution in [0.15, 0.2) is 59.7 Å². The van der Waals surface area contributed by atoms with Crippen LogP contribution in [0.4, 0.5) is 5.69 Å². The maximum atomic E-state index is 14.4. The zero-order valence-electron chi connectivity index (χ0n) is 25.6. The van der Waals surface area contributed by atoms with Crippen LogP contribution in [0, 0.1) is 0 Å². The van der Waals surface area contributed by atoms with Crippen molar-refractivity contribution in [3.05, 3.63) is 75.8 Å². The van der Waals surface area contributed by atoms with Crippen molar-refractivity contribution < 1.29 is 22.8 Å². The summed E-state index contributed by atoms with van der Waals surface area (Å²) in [6.07, 6.45) is 2.97. The molecule has 14 heteroatoms. The number of amidine groups is 1. The molecule has 244 valence electrons. The van der Waals surface area contributed by atoms with Crippen LogP contribution in [-0.2, 0) is 29.8 Å². The van der Waals surface area contributed by atoms with E-state index in [2.05, 4.69) is 17.2 Å². The number of carbonyl (C=O) groups is 3. The highest BCUT2D eigenvalue weighted by atomic mass is 35.5. The fraction of sp³-hybridized carbons (Fsp3) is 0.438. The van der Waals surface area contributed by atoms with Crippen LogP contribution in [0.1, 0.15) is 49.7 Å². The summed E-state index contributed by atoms with van der Waals surface area (Å²) in [7, 11) is -3.29. The summed E-state index contributed by atoms with van der Waals surface area (Å²) < 4.78 is 25.1. The average molecular weight is 688 g/mol. The maximum Gasteiger partial charge on any atom is 0.262 e. The third-order valence-corrected chi connectivity index (χ3v) is 11.3. The number of hydrazone groups is 1. The summed E-state index contributed by atoms with van der Waals surface area (Å²) >= 11 is 12.8. The maximum absolute atomic E-state index is 14.4. The minimum absolute atomic E-state index is 0.0945. The van der Waals surface area contributed by atoms with E-state index in [4.69, 9.17) is 28.3 Å². The van der Waals surface area contributed by atoms with Crippen LogP contribution in [-0.4, -0.2) is 90.7 Å². The summed E-state index contributed by atoms with van der Waals surface area (Å²) in [5, 5.41) is 12.9. The van der Waals surface area contributed by atoms with Gasteiger partial charge in [-0.25, -0.2) is 17.7 Å². The summed E-state index contributed by atoms with van der Waals surface area (Å²) in [6.45, 7) is 6.63. The van der Waals surface area contributed by atoms with Crippen molar-refractivity contribution in [3.8, 4) is 0 Å². The minimum atomic E-state index is -3.29. The summed E-state index contributed by atoms with van der Waals surface area (Å²) in [5.74, 6) is -0.853. The number of benzene rings is 2. The third kappa shape index (κ3) is 5.69. The molecule has 4 aliphatic heterocycles. The summed E-state index contributed by atoms with van der Waals surface area (Å²) in [5.41, 5.74) is 1.81. The number of fused-ring (bicyclic) bond motifs is 3. The lowest BCUT2D eigenvalue weighted by molar-refractivity contribution is -0.139. The van der Waals surface area contributed by atoms with E-state index >= 15 is 0 Å². The number of sulfonamides is 1. The van der Waals surface area contributed by atoms with E-state index in [1.807, 2.05) is 36.1 Å². The molecule has 3 atom stereocenters. The van der Waals surface area contributed by atoms with Crippen molar-refractivity contribution in [1.82, 2.24) is 19.5 Å². The Morgan fingerprint density at radius 2 is 1.85 bits per heavy atom. The lowest BCUT2D eigenvalue weighted by Crippen LogP contribution is -2.67. The Morgan fingerprint density at radius 3 is 2.52 bits per heavy atom. The Bertz CT molecular complexity index is 1760. The molecule has 2 aromatic carbocycles. The highest BCUT2D eigenvalue weighted by Crippen LogP contribution is 2.57. The predicted octanol–water partition coefficient (Wildman–Crippen LogP) is 3.70. The molecule has 2 N–H and O–H groups in total. The van der Waals surface area contributed by atoms with Crippen LogP contribution in [0.25, 0.3) is 0 Å². The largest absolute Gasteiger partial charge is 0.352 e. The van der Waals surface area contributed by atoms with Crippen molar-refractivity contribution in [2.24, 2.45) is 5.10 Å². The fourth-order valence-corrected chi connectivity index (χ4v) is 8.64. The van der Waals surface area contributed by atoms with Gasteiger partial charge in [-0.05, 0) is 54.7 Å². The van der Waals surface area contributed by atoms with Crippen LogP contribution >= 0.6 is 23.2 Å². The first kappa shape index (κ1) is 32.5. The van der Waals surface area contributed by atoms with E-state index in [1.165, 1.54) is 15.6 Å². The van der Waals surface area contributed by atoms with E-state index < -0.39 is 27.4 Å². The molecule has 0 radical (unpaired) electrons. The Kier molecular flexibility index (Phi) is 8.68. The number of hydrogen-bond acceptors (Lipinski definition) is 7. The van der Waals surface area contributed by atoms with Gasteiger partial charge in [0.2, 0.25) is 21.8 Å². The first-order valence-electron chi connectivity index (χ1n) is 15.3. The molecule has 2 aromatic rings. The van der Waals surface area contributed by atoms with E-state index in [0.717, 1.165) is 16.7 Å². The molecule has 0 bridgehead atoms. The van der Waals surface area contributed by atoms with Crippen molar-refractivity contribution in [3.63, 3.8) is 0 Å². The topological polar surface area (TPSA) is 131 Å². The number of anilines is 1. The van der Waals surface area contributed by atoms with Crippen LogP contribution in [0.3, 0.4) is 0 Å². The zero-order chi connectivity index (χ0) is 33.0. The SMILES string of the molecule is C=C(CC)[C@@H]1N2CC(=O)N(CC(=O)NC3CCN(S(C)(=O)=O)CC3)N=C2C[C@H](c2cccc(Cl)c2)[C@@]12C(=O)Nc1cc(Cl)ccc12. The molecule has 1 spiro atoms. The van der Waals surface area contributed by atoms with Crippen LogP contribution in [0.5, 0.6) is 0 Å². The molecule has 2 saturated heterocycles. The van der Waals surface area contributed by atoms with Gasteiger partial charge in [-0.2, -0.15) is 5.10 Å². The molecule has 0 aromatic heterocycles. The summed E-state index contributed by atoms with van der Waals surface area (Å²) in [4.78, 5) is 43.0. The number of halogens is 2. The van der Waals surface area contributed by atoms with E-state index in [9.17, 15) is 22.8 Å². The van der Waals surface area contributed by atoms with Gasteiger partial charge in [0.05, 0.1) is 12.3 Å². The number of nitrogens with zero attached hydrogens (tertiary/aromatic N) is 4. The highest BCUT2D eigenvalue weighted by Gasteiger charge is 2.63. The first-order valence-corrected chi connectivity index (χ1v) is 17.9.